The number of para-hydroxylation sites is 1. The molecule has 0 aliphatic rings. The molecule has 0 heterocycles. The van der Waals surface area contributed by atoms with Crippen molar-refractivity contribution in [2.75, 3.05) is 10.2 Å². The van der Waals surface area contributed by atoms with Gasteiger partial charge in [0.2, 0.25) is 0 Å². The van der Waals surface area contributed by atoms with Crippen LogP contribution in [0.3, 0.4) is 0 Å². The summed E-state index contributed by atoms with van der Waals surface area (Å²) in [7, 11) is 0. The van der Waals surface area contributed by atoms with Crippen LogP contribution in [0.1, 0.15) is 30.9 Å². The minimum atomic E-state index is -0.655. The summed E-state index contributed by atoms with van der Waals surface area (Å²) >= 11 is 0. The van der Waals surface area contributed by atoms with Crippen molar-refractivity contribution >= 4 is 23.2 Å². The van der Waals surface area contributed by atoms with E-state index in [0.29, 0.717) is 23.8 Å². The van der Waals surface area contributed by atoms with E-state index in [1.165, 1.54) is 10.5 Å². The highest BCUT2D eigenvalue weighted by Crippen LogP contribution is 2.19. The van der Waals surface area contributed by atoms with E-state index in [2.05, 4.69) is 19.2 Å². The van der Waals surface area contributed by atoms with E-state index in [1.807, 2.05) is 84.9 Å². The first-order valence-electron chi connectivity index (χ1n) is 9.36. The fourth-order valence-corrected chi connectivity index (χ4v) is 2.91. The molecule has 0 atom stereocenters. The second kappa shape index (κ2) is 9.00. The number of carbonyl (C=O) groups is 2. The molecule has 0 unspecified atom stereocenters. The predicted octanol–water partition coefficient (Wildman–Crippen LogP) is 4.98. The van der Waals surface area contributed by atoms with Gasteiger partial charge in [0.05, 0.1) is 6.54 Å². The molecule has 1 N–H and O–H groups in total. The molecule has 0 radical (unpaired) electrons. The lowest BCUT2D eigenvalue weighted by atomic mass is 10.0. The Hall–Kier alpha value is -3.40. The van der Waals surface area contributed by atoms with E-state index in [4.69, 9.17) is 0 Å². The van der Waals surface area contributed by atoms with Crippen LogP contribution >= 0.6 is 0 Å². The summed E-state index contributed by atoms with van der Waals surface area (Å²) in [6, 6.07) is 26.4. The van der Waals surface area contributed by atoms with Gasteiger partial charge >= 0.3 is 11.8 Å². The molecule has 3 aromatic rings. The molecule has 4 nitrogen and oxygen atoms in total. The van der Waals surface area contributed by atoms with Gasteiger partial charge in [-0.2, -0.15) is 0 Å². The molecule has 0 spiro atoms. The molecule has 0 aliphatic carbocycles. The molecule has 142 valence electrons. The van der Waals surface area contributed by atoms with Gasteiger partial charge < -0.3 is 5.32 Å². The molecule has 0 saturated carbocycles. The minimum Gasteiger partial charge on any atom is -0.318 e. The smallest absolute Gasteiger partial charge is 0.316 e. The van der Waals surface area contributed by atoms with Crippen molar-refractivity contribution in [3.05, 3.63) is 96.1 Å². The zero-order valence-electron chi connectivity index (χ0n) is 16.1. The Morgan fingerprint density at radius 3 is 1.96 bits per heavy atom. The molecular weight excluding hydrogens is 348 g/mol. The van der Waals surface area contributed by atoms with Crippen LogP contribution in [-0.2, 0) is 16.1 Å². The van der Waals surface area contributed by atoms with E-state index in [9.17, 15) is 9.59 Å². The first-order chi connectivity index (χ1) is 13.5. The number of rotatable bonds is 5. The van der Waals surface area contributed by atoms with Crippen molar-refractivity contribution in [1.29, 1.82) is 0 Å². The van der Waals surface area contributed by atoms with Crippen LogP contribution in [0.25, 0.3) is 0 Å². The number of nitrogens with zero attached hydrogens (tertiary/aromatic N) is 1. The van der Waals surface area contributed by atoms with Crippen LogP contribution in [0.4, 0.5) is 11.4 Å². The maximum atomic E-state index is 12.9. The molecule has 0 aliphatic heterocycles. The van der Waals surface area contributed by atoms with Crippen molar-refractivity contribution in [2.24, 2.45) is 0 Å². The largest absolute Gasteiger partial charge is 0.318 e. The third kappa shape index (κ3) is 4.86. The standard InChI is InChI=1S/C24H24N2O2/c1-18(2)20-13-15-21(16-14-20)25-23(27)24(28)26(22-11-7-4-8-12-22)17-19-9-5-3-6-10-19/h3-16,18H,17H2,1-2H3,(H,25,27). The normalized spacial score (nSPS) is 10.5. The monoisotopic (exact) mass is 372 g/mol. The first-order valence-corrected chi connectivity index (χ1v) is 9.36. The maximum absolute atomic E-state index is 12.9. The summed E-state index contributed by atoms with van der Waals surface area (Å²) in [6.45, 7) is 4.54. The molecule has 0 fully saturated rings. The quantitative estimate of drug-likeness (QED) is 0.642. The highest BCUT2D eigenvalue weighted by atomic mass is 16.2. The third-order valence-electron chi connectivity index (χ3n) is 4.53. The van der Waals surface area contributed by atoms with Crippen LogP contribution < -0.4 is 10.2 Å². The molecule has 4 heteroatoms. The van der Waals surface area contributed by atoms with Gasteiger partial charge in [-0.25, -0.2) is 0 Å². The van der Waals surface area contributed by atoms with Gasteiger partial charge in [0.25, 0.3) is 0 Å². The van der Waals surface area contributed by atoms with Crippen molar-refractivity contribution in [3.8, 4) is 0 Å². The number of hydrogen-bond donors (Lipinski definition) is 1. The molecule has 0 aromatic heterocycles. The Labute approximate surface area is 165 Å². The van der Waals surface area contributed by atoms with E-state index in [0.717, 1.165) is 5.56 Å². The summed E-state index contributed by atoms with van der Waals surface area (Å²) in [5.74, 6) is -0.842. The van der Waals surface area contributed by atoms with Gasteiger partial charge in [0.15, 0.2) is 0 Å². The van der Waals surface area contributed by atoms with Crippen LogP contribution in [0.2, 0.25) is 0 Å². The van der Waals surface area contributed by atoms with Crippen LogP contribution in [0.5, 0.6) is 0 Å². The Morgan fingerprint density at radius 2 is 1.39 bits per heavy atom. The van der Waals surface area contributed by atoms with Gasteiger partial charge in [0, 0.05) is 11.4 Å². The lowest BCUT2D eigenvalue weighted by Gasteiger charge is -2.22. The van der Waals surface area contributed by atoms with Crippen LogP contribution in [-0.4, -0.2) is 11.8 Å². The fraction of sp³-hybridized carbons (Fsp3) is 0.167. The van der Waals surface area contributed by atoms with Crippen molar-refractivity contribution in [3.63, 3.8) is 0 Å². The topological polar surface area (TPSA) is 49.4 Å². The first kappa shape index (κ1) is 19.4. The zero-order chi connectivity index (χ0) is 19.9. The Kier molecular flexibility index (Phi) is 6.22. The Morgan fingerprint density at radius 1 is 0.821 bits per heavy atom. The highest BCUT2D eigenvalue weighted by Gasteiger charge is 2.23. The summed E-state index contributed by atoms with van der Waals surface area (Å²) in [5.41, 5.74) is 3.42. The van der Waals surface area contributed by atoms with Gasteiger partial charge in [-0.15, -0.1) is 0 Å². The number of benzene rings is 3. The van der Waals surface area contributed by atoms with Gasteiger partial charge in [-0.1, -0.05) is 74.5 Å². The van der Waals surface area contributed by atoms with E-state index in [-0.39, 0.29) is 0 Å². The average molecular weight is 372 g/mol. The zero-order valence-corrected chi connectivity index (χ0v) is 16.1. The molecule has 28 heavy (non-hydrogen) atoms. The summed E-state index contributed by atoms with van der Waals surface area (Å²) in [6.07, 6.45) is 0. The Bertz CT molecular complexity index is 920. The average Bonchev–Trinajstić information content (AvgIpc) is 2.73. The van der Waals surface area contributed by atoms with Crippen LogP contribution in [0, 0.1) is 0 Å². The summed E-state index contributed by atoms with van der Waals surface area (Å²) in [5, 5.41) is 2.71. The van der Waals surface area contributed by atoms with Crippen molar-refractivity contribution in [2.45, 2.75) is 26.3 Å². The molecular formula is C24H24N2O2. The van der Waals surface area contributed by atoms with Crippen LogP contribution in [0.15, 0.2) is 84.9 Å². The molecule has 2 amide bonds. The number of nitrogens with one attached hydrogen (secondary N) is 1. The summed E-state index contributed by atoms with van der Waals surface area (Å²) < 4.78 is 0. The fourth-order valence-electron chi connectivity index (χ4n) is 2.91. The van der Waals surface area contributed by atoms with Gasteiger partial charge in [-0.05, 0) is 41.3 Å². The van der Waals surface area contributed by atoms with E-state index < -0.39 is 11.8 Å². The van der Waals surface area contributed by atoms with E-state index in [1.54, 1.807) is 0 Å². The van der Waals surface area contributed by atoms with E-state index >= 15 is 0 Å². The van der Waals surface area contributed by atoms with Crippen molar-refractivity contribution in [1.82, 2.24) is 0 Å². The SMILES string of the molecule is CC(C)c1ccc(NC(=O)C(=O)N(Cc2ccccc2)c2ccccc2)cc1. The number of carbonyl (C=O) groups excluding carboxylic acids is 2. The lowest BCUT2D eigenvalue weighted by Crippen LogP contribution is -2.39. The second-order valence-corrected chi connectivity index (χ2v) is 6.94. The summed E-state index contributed by atoms with van der Waals surface area (Å²) in [4.78, 5) is 27.1. The minimum absolute atomic E-state index is 0.323. The van der Waals surface area contributed by atoms with Crippen molar-refractivity contribution < 1.29 is 9.59 Å². The number of anilines is 2. The number of hydrogen-bond acceptors (Lipinski definition) is 2. The molecule has 3 aromatic carbocycles. The molecule has 0 saturated heterocycles. The predicted molar refractivity (Wildman–Crippen MR) is 113 cm³/mol. The lowest BCUT2D eigenvalue weighted by molar-refractivity contribution is -0.134. The van der Waals surface area contributed by atoms with Gasteiger partial charge in [0.1, 0.15) is 0 Å². The highest BCUT2D eigenvalue weighted by molar-refractivity contribution is 6.44. The molecule has 0 bridgehead atoms. The van der Waals surface area contributed by atoms with Gasteiger partial charge in [-0.3, -0.25) is 14.5 Å². The second-order valence-electron chi connectivity index (χ2n) is 6.94. The number of amides is 2. The maximum Gasteiger partial charge on any atom is 0.316 e. The molecule has 3 rings (SSSR count). The Balaban J connectivity index is 1.79. The third-order valence-corrected chi connectivity index (χ3v) is 4.53.